The summed E-state index contributed by atoms with van der Waals surface area (Å²) in [4.78, 5) is 17.9. The Labute approximate surface area is 137 Å². The van der Waals surface area contributed by atoms with E-state index in [1.54, 1.807) is 0 Å². The topological polar surface area (TPSA) is 48.1 Å². The molecule has 0 spiro atoms. The van der Waals surface area contributed by atoms with E-state index in [-0.39, 0.29) is 18.3 Å². The van der Waals surface area contributed by atoms with Crippen LogP contribution in [0.15, 0.2) is 42.5 Å². The molecule has 1 aromatic heterocycles. The van der Waals surface area contributed by atoms with Crippen molar-refractivity contribution in [2.75, 3.05) is 20.1 Å². The van der Waals surface area contributed by atoms with E-state index in [2.05, 4.69) is 10.3 Å². The third-order valence-electron chi connectivity index (χ3n) is 4.08. The van der Waals surface area contributed by atoms with Gasteiger partial charge >= 0.3 is 0 Å². The largest absolute Gasteiger partial charge is 0.351 e. The fraction of sp³-hybridized carbons (Fsp3) is 0.353. The van der Waals surface area contributed by atoms with Gasteiger partial charge in [-0.15, -0.1) is 12.4 Å². The summed E-state index contributed by atoms with van der Waals surface area (Å²) in [7, 11) is 1.93. The lowest BCUT2D eigenvalue weighted by Gasteiger charge is -2.24. The Bertz CT molecular complexity index is 611. The molecule has 118 valence electrons. The Kier molecular flexibility index (Phi) is 5.63. The zero-order chi connectivity index (χ0) is 14.7. The molecular formula is C17H22ClN3O. The summed E-state index contributed by atoms with van der Waals surface area (Å²) in [5.41, 5.74) is 2.77. The fourth-order valence-electron chi connectivity index (χ4n) is 3.01. The lowest BCUT2D eigenvalue weighted by molar-refractivity contribution is 0.0732. The summed E-state index contributed by atoms with van der Waals surface area (Å²) in [5, 5.41) is 3.17. The maximum Gasteiger partial charge on any atom is 0.270 e. The molecule has 0 saturated carbocycles. The van der Waals surface area contributed by atoms with Crippen molar-refractivity contribution < 1.29 is 4.79 Å². The third kappa shape index (κ3) is 3.34. The molecule has 1 aliphatic heterocycles. The number of nitrogens with zero attached hydrogens (tertiary/aromatic N) is 1. The number of likely N-dealkylation sites (N-methyl/N-ethyl adjacent to an activating group) is 1. The molecule has 1 atom stereocenters. The minimum atomic E-state index is 0. The first-order valence-electron chi connectivity index (χ1n) is 7.49. The molecule has 4 nitrogen and oxygen atoms in total. The van der Waals surface area contributed by atoms with E-state index in [1.807, 2.05) is 54.4 Å². The third-order valence-corrected chi connectivity index (χ3v) is 4.08. The molecule has 1 unspecified atom stereocenters. The second-order valence-electron chi connectivity index (χ2n) is 5.50. The first-order valence-corrected chi connectivity index (χ1v) is 7.49. The quantitative estimate of drug-likeness (QED) is 0.910. The summed E-state index contributed by atoms with van der Waals surface area (Å²) >= 11 is 0. The summed E-state index contributed by atoms with van der Waals surface area (Å²) < 4.78 is 0. The first kappa shape index (κ1) is 16.6. The minimum absolute atomic E-state index is 0. The number of halogens is 1. The van der Waals surface area contributed by atoms with Gasteiger partial charge in [0.05, 0.1) is 0 Å². The van der Waals surface area contributed by atoms with Crippen LogP contribution in [-0.2, 0) is 0 Å². The number of H-pyrrole nitrogens is 1. The molecule has 1 saturated heterocycles. The molecule has 1 amide bonds. The van der Waals surface area contributed by atoms with E-state index >= 15 is 0 Å². The summed E-state index contributed by atoms with van der Waals surface area (Å²) in [6.07, 6.45) is 2.17. The van der Waals surface area contributed by atoms with Gasteiger partial charge in [-0.05, 0) is 37.6 Å². The molecule has 1 aliphatic rings. The lowest BCUT2D eigenvalue weighted by atomic mass is 10.2. The number of rotatable bonds is 4. The molecule has 2 N–H and O–H groups in total. The highest BCUT2D eigenvalue weighted by atomic mass is 35.5. The number of likely N-dealkylation sites (tertiary alicyclic amines) is 1. The molecular weight excluding hydrogens is 298 g/mol. The van der Waals surface area contributed by atoms with Crippen LogP contribution in [0.3, 0.4) is 0 Å². The van der Waals surface area contributed by atoms with Gasteiger partial charge in [-0.3, -0.25) is 4.79 Å². The normalized spacial score (nSPS) is 17.3. The highest BCUT2D eigenvalue weighted by Crippen LogP contribution is 2.22. The van der Waals surface area contributed by atoms with Crippen molar-refractivity contribution in [2.45, 2.75) is 18.9 Å². The van der Waals surface area contributed by atoms with Crippen molar-refractivity contribution in [3.8, 4) is 11.3 Å². The van der Waals surface area contributed by atoms with Gasteiger partial charge in [0.25, 0.3) is 5.91 Å². The van der Waals surface area contributed by atoms with Crippen molar-refractivity contribution in [2.24, 2.45) is 0 Å². The second-order valence-corrected chi connectivity index (χ2v) is 5.50. The lowest BCUT2D eigenvalue weighted by Crippen LogP contribution is -2.40. The van der Waals surface area contributed by atoms with Gasteiger partial charge in [0.15, 0.2) is 0 Å². The Balaban J connectivity index is 0.00000176. The van der Waals surface area contributed by atoms with Crippen LogP contribution in [0, 0.1) is 0 Å². The first-order chi connectivity index (χ1) is 10.3. The number of hydrogen-bond acceptors (Lipinski definition) is 2. The van der Waals surface area contributed by atoms with Crippen molar-refractivity contribution >= 4 is 18.3 Å². The van der Waals surface area contributed by atoms with Gasteiger partial charge in [0, 0.05) is 24.8 Å². The molecule has 1 aromatic carbocycles. The van der Waals surface area contributed by atoms with E-state index in [1.165, 1.54) is 0 Å². The van der Waals surface area contributed by atoms with Crippen LogP contribution in [0.5, 0.6) is 0 Å². The van der Waals surface area contributed by atoms with Gasteiger partial charge in [-0.1, -0.05) is 30.3 Å². The molecule has 3 rings (SSSR count). The molecule has 5 heteroatoms. The Morgan fingerprint density at radius 2 is 2.05 bits per heavy atom. The average molecular weight is 320 g/mol. The van der Waals surface area contributed by atoms with Crippen molar-refractivity contribution in [1.29, 1.82) is 0 Å². The van der Waals surface area contributed by atoms with Crippen LogP contribution < -0.4 is 5.32 Å². The maximum atomic E-state index is 12.6. The van der Waals surface area contributed by atoms with Crippen LogP contribution in [0.2, 0.25) is 0 Å². The van der Waals surface area contributed by atoms with Crippen LogP contribution in [-0.4, -0.2) is 42.0 Å². The molecule has 0 radical (unpaired) electrons. The maximum absolute atomic E-state index is 12.6. The van der Waals surface area contributed by atoms with Crippen LogP contribution in [0.25, 0.3) is 11.3 Å². The monoisotopic (exact) mass is 319 g/mol. The van der Waals surface area contributed by atoms with Gasteiger partial charge < -0.3 is 15.2 Å². The number of amides is 1. The van der Waals surface area contributed by atoms with E-state index in [9.17, 15) is 4.79 Å². The molecule has 2 aromatic rings. The number of aromatic nitrogens is 1. The van der Waals surface area contributed by atoms with Gasteiger partial charge in [-0.2, -0.15) is 0 Å². The number of nitrogens with one attached hydrogen (secondary N) is 2. The second kappa shape index (κ2) is 7.47. The average Bonchev–Trinajstić information content (AvgIpc) is 3.17. The van der Waals surface area contributed by atoms with Gasteiger partial charge in [-0.25, -0.2) is 0 Å². The number of aromatic amines is 1. The van der Waals surface area contributed by atoms with Crippen LogP contribution in [0.4, 0.5) is 0 Å². The van der Waals surface area contributed by atoms with Crippen molar-refractivity contribution in [3.05, 3.63) is 48.2 Å². The van der Waals surface area contributed by atoms with Gasteiger partial charge in [0.2, 0.25) is 0 Å². The van der Waals surface area contributed by atoms with E-state index in [0.29, 0.717) is 11.7 Å². The molecule has 1 fully saturated rings. The van der Waals surface area contributed by atoms with E-state index in [0.717, 1.165) is 37.2 Å². The van der Waals surface area contributed by atoms with Crippen molar-refractivity contribution in [3.63, 3.8) is 0 Å². The Morgan fingerprint density at radius 3 is 2.77 bits per heavy atom. The standard InChI is InChI=1S/C17H21N3O.ClH/c1-18-12-14-8-5-11-20(14)17(21)16-10-9-15(19-16)13-6-3-2-4-7-13;/h2-4,6-7,9-10,14,18-19H,5,8,11-12H2,1H3;1H. The summed E-state index contributed by atoms with van der Waals surface area (Å²) in [5.74, 6) is 0.106. The number of carbonyl (C=O) groups excluding carboxylic acids is 1. The smallest absolute Gasteiger partial charge is 0.270 e. The number of benzene rings is 1. The predicted octanol–water partition coefficient (Wildman–Crippen LogP) is 2.93. The number of hydrogen-bond donors (Lipinski definition) is 2. The van der Waals surface area contributed by atoms with E-state index in [4.69, 9.17) is 0 Å². The fourth-order valence-corrected chi connectivity index (χ4v) is 3.01. The van der Waals surface area contributed by atoms with Crippen LogP contribution in [0.1, 0.15) is 23.3 Å². The predicted molar refractivity (Wildman–Crippen MR) is 91.5 cm³/mol. The molecule has 0 bridgehead atoms. The molecule has 0 aliphatic carbocycles. The SMILES string of the molecule is CNCC1CCCN1C(=O)c1ccc(-c2ccccc2)[nH]1.Cl. The zero-order valence-corrected chi connectivity index (χ0v) is 13.5. The molecule has 22 heavy (non-hydrogen) atoms. The van der Waals surface area contributed by atoms with E-state index < -0.39 is 0 Å². The highest BCUT2D eigenvalue weighted by molar-refractivity contribution is 5.93. The molecule has 2 heterocycles. The summed E-state index contributed by atoms with van der Waals surface area (Å²) in [6.45, 7) is 1.71. The van der Waals surface area contributed by atoms with Gasteiger partial charge in [0.1, 0.15) is 5.69 Å². The van der Waals surface area contributed by atoms with Crippen LogP contribution >= 0.6 is 12.4 Å². The minimum Gasteiger partial charge on any atom is -0.351 e. The zero-order valence-electron chi connectivity index (χ0n) is 12.7. The number of carbonyl (C=O) groups is 1. The highest BCUT2D eigenvalue weighted by Gasteiger charge is 2.29. The Hall–Kier alpha value is -1.78. The Morgan fingerprint density at radius 1 is 1.27 bits per heavy atom. The summed E-state index contributed by atoms with van der Waals surface area (Å²) in [6, 6.07) is 14.3. The van der Waals surface area contributed by atoms with Crippen molar-refractivity contribution in [1.82, 2.24) is 15.2 Å².